The highest BCUT2D eigenvalue weighted by Gasteiger charge is 2.39. The van der Waals surface area contributed by atoms with Gasteiger partial charge in [0.1, 0.15) is 11.4 Å². The van der Waals surface area contributed by atoms with Crippen LogP contribution < -0.4 is 5.32 Å². The molecule has 1 unspecified atom stereocenters. The normalized spacial score (nSPS) is 13.2. The van der Waals surface area contributed by atoms with Crippen LogP contribution in [0.3, 0.4) is 0 Å². The molecule has 8 heteroatoms. The molecule has 4 aromatic rings. The van der Waals surface area contributed by atoms with E-state index in [1.54, 1.807) is 36.4 Å². The third-order valence-corrected chi connectivity index (χ3v) is 6.28. The summed E-state index contributed by atoms with van der Waals surface area (Å²) in [5, 5.41) is 3.84. The molecule has 1 atom stereocenters. The molecule has 0 bridgehead atoms. The number of nitrogens with one attached hydrogen (secondary N) is 1. The Morgan fingerprint density at radius 3 is 2.31 bits per heavy atom. The van der Waals surface area contributed by atoms with Crippen LogP contribution in [0.2, 0.25) is 10.0 Å². The van der Waals surface area contributed by atoms with Gasteiger partial charge in [-0.1, -0.05) is 65.7 Å². The summed E-state index contributed by atoms with van der Waals surface area (Å²) in [5.74, 6) is -5.25. The fourth-order valence-electron chi connectivity index (χ4n) is 4.07. The summed E-state index contributed by atoms with van der Waals surface area (Å²) in [4.78, 5) is 18.1. The van der Waals surface area contributed by atoms with Gasteiger partial charge >= 0.3 is 0 Å². The maximum absolute atomic E-state index is 14.1. The zero-order valence-electron chi connectivity index (χ0n) is 19.1. The summed E-state index contributed by atoms with van der Waals surface area (Å²) in [7, 11) is 0. The number of alkyl halides is 2. The number of aromatic nitrogens is 1. The van der Waals surface area contributed by atoms with E-state index in [2.05, 4.69) is 10.3 Å². The number of nitrogens with zero attached hydrogens (tertiary/aromatic N) is 1. The van der Waals surface area contributed by atoms with Gasteiger partial charge in [-0.05, 0) is 53.6 Å². The standard InChI is InChI=1S/C28H21Cl2F3N2O/c1-27(32,33)23-14-19(10-12-24(23)31)26(36)35-28(16-18-6-3-2-4-7-18,20-8-5-9-21(29)15-20)25-13-11-22(30)17-34-25/h2-15,17H,16H2,1H3,(H,35,36). The van der Waals surface area contributed by atoms with Gasteiger partial charge in [-0.3, -0.25) is 9.78 Å². The first-order chi connectivity index (χ1) is 17.1. The highest BCUT2D eigenvalue weighted by Crippen LogP contribution is 2.35. The van der Waals surface area contributed by atoms with E-state index in [9.17, 15) is 18.0 Å². The SMILES string of the molecule is CC(F)(F)c1cc(C(=O)NC(Cc2ccccc2)(c2cccc(Cl)c2)c2ccc(Cl)cn2)ccc1F. The van der Waals surface area contributed by atoms with Gasteiger partial charge in [0.2, 0.25) is 0 Å². The molecule has 1 heterocycles. The van der Waals surface area contributed by atoms with Crippen LogP contribution >= 0.6 is 23.2 Å². The number of benzene rings is 3. The zero-order chi connectivity index (χ0) is 25.9. The number of rotatable bonds is 7. The molecule has 184 valence electrons. The molecule has 0 aliphatic carbocycles. The van der Waals surface area contributed by atoms with Crippen LogP contribution in [-0.4, -0.2) is 10.9 Å². The minimum atomic E-state index is -3.47. The monoisotopic (exact) mass is 528 g/mol. The van der Waals surface area contributed by atoms with Gasteiger partial charge in [-0.2, -0.15) is 0 Å². The third kappa shape index (κ3) is 5.55. The Labute approximate surface area is 216 Å². The Morgan fingerprint density at radius 2 is 1.67 bits per heavy atom. The van der Waals surface area contributed by atoms with E-state index in [4.69, 9.17) is 23.2 Å². The summed E-state index contributed by atoms with van der Waals surface area (Å²) < 4.78 is 42.1. The first-order valence-corrected chi connectivity index (χ1v) is 11.8. The van der Waals surface area contributed by atoms with Crippen molar-refractivity contribution in [3.8, 4) is 0 Å². The third-order valence-electron chi connectivity index (χ3n) is 5.82. The van der Waals surface area contributed by atoms with Gasteiger partial charge in [0.05, 0.1) is 16.3 Å². The van der Waals surface area contributed by atoms with Crippen molar-refractivity contribution in [1.29, 1.82) is 0 Å². The summed E-state index contributed by atoms with van der Waals surface area (Å²) in [6.07, 6.45) is 1.72. The number of carbonyl (C=O) groups excluding carboxylic acids is 1. The fraction of sp³-hybridized carbons (Fsp3) is 0.143. The Kier molecular flexibility index (Phi) is 7.38. The largest absolute Gasteiger partial charge is 0.337 e. The minimum Gasteiger partial charge on any atom is -0.337 e. The van der Waals surface area contributed by atoms with Crippen LogP contribution in [0.5, 0.6) is 0 Å². The van der Waals surface area contributed by atoms with Crippen LogP contribution in [-0.2, 0) is 17.9 Å². The van der Waals surface area contributed by atoms with Crippen LogP contribution in [0.4, 0.5) is 13.2 Å². The van der Waals surface area contributed by atoms with Crippen molar-refractivity contribution in [3.63, 3.8) is 0 Å². The Bertz CT molecular complexity index is 1380. The smallest absolute Gasteiger partial charge is 0.273 e. The maximum Gasteiger partial charge on any atom is 0.273 e. The quantitative estimate of drug-likeness (QED) is 0.269. The number of hydrogen-bond acceptors (Lipinski definition) is 2. The highest BCUT2D eigenvalue weighted by atomic mass is 35.5. The van der Waals surface area contributed by atoms with Crippen LogP contribution in [0.1, 0.15) is 39.7 Å². The Balaban J connectivity index is 1.90. The van der Waals surface area contributed by atoms with Crippen molar-refractivity contribution in [2.45, 2.75) is 24.8 Å². The summed E-state index contributed by atoms with van der Waals surface area (Å²) in [6.45, 7) is 0.580. The van der Waals surface area contributed by atoms with Gasteiger partial charge in [0.15, 0.2) is 0 Å². The van der Waals surface area contributed by atoms with E-state index < -0.39 is 28.7 Å². The van der Waals surface area contributed by atoms with Crippen LogP contribution in [0.15, 0.2) is 91.1 Å². The van der Waals surface area contributed by atoms with Gasteiger partial charge in [0.25, 0.3) is 11.8 Å². The van der Waals surface area contributed by atoms with Crippen molar-refractivity contribution in [3.05, 3.63) is 135 Å². The summed E-state index contributed by atoms with van der Waals surface area (Å²) in [6, 6.07) is 22.6. The van der Waals surface area contributed by atoms with Gasteiger partial charge in [-0.25, -0.2) is 13.2 Å². The molecule has 0 spiro atoms. The lowest BCUT2D eigenvalue weighted by Crippen LogP contribution is -2.49. The Hall–Kier alpha value is -3.35. The predicted octanol–water partition coefficient (Wildman–Crippen LogP) is 7.56. The van der Waals surface area contributed by atoms with E-state index in [0.29, 0.717) is 28.2 Å². The van der Waals surface area contributed by atoms with Gasteiger partial charge in [0, 0.05) is 30.1 Å². The lowest BCUT2D eigenvalue weighted by molar-refractivity contribution is 0.0137. The number of pyridine rings is 1. The molecule has 0 saturated carbocycles. The number of hydrogen-bond donors (Lipinski definition) is 1. The van der Waals surface area contributed by atoms with Crippen molar-refractivity contribution in [1.82, 2.24) is 10.3 Å². The van der Waals surface area contributed by atoms with Gasteiger partial charge in [-0.15, -0.1) is 0 Å². The second kappa shape index (κ2) is 10.3. The second-order valence-electron chi connectivity index (χ2n) is 8.48. The molecule has 0 aliphatic heterocycles. The lowest BCUT2D eigenvalue weighted by atomic mass is 9.80. The molecule has 0 fully saturated rings. The molecule has 1 amide bonds. The molecule has 1 N–H and O–H groups in total. The Morgan fingerprint density at radius 1 is 0.917 bits per heavy atom. The minimum absolute atomic E-state index is 0.124. The van der Waals surface area contributed by atoms with Crippen molar-refractivity contribution in [2.75, 3.05) is 0 Å². The second-order valence-corrected chi connectivity index (χ2v) is 9.35. The molecule has 4 rings (SSSR count). The average Bonchev–Trinajstić information content (AvgIpc) is 2.84. The number of carbonyl (C=O) groups is 1. The van der Waals surface area contributed by atoms with E-state index in [1.165, 1.54) is 12.3 Å². The molecular weight excluding hydrogens is 508 g/mol. The summed E-state index contributed by atoms with van der Waals surface area (Å²) in [5.41, 5.74) is -0.316. The number of halogens is 5. The first kappa shape index (κ1) is 25.7. The average molecular weight is 529 g/mol. The molecule has 3 aromatic carbocycles. The molecule has 36 heavy (non-hydrogen) atoms. The van der Waals surface area contributed by atoms with E-state index in [0.717, 1.165) is 17.7 Å². The highest BCUT2D eigenvalue weighted by molar-refractivity contribution is 6.30. The zero-order valence-corrected chi connectivity index (χ0v) is 20.6. The maximum atomic E-state index is 14.1. The molecular formula is C28H21Cl2F3N2O. The molecule has 0 radical (unpaired) electrons. The molecule has 0 aliphatic rings. The molecule has 0 saturated heterocycles. The van der Waals surface area contributed by atoms with Crippen molar-refractivity contribution >= 4 is 29.1 Å². The number of amides is 1. The van der Waals surface area contributed by atoms with E-state index in [-0.39, 0.29) is 12.0 Å². The topological polar surface area (TPSA) is 42.0 Å². The van der Waals surface area contributed by atoms with E-state index in [1.807, 2.05) is 30.3 Å². The molecule has 1 aromatic heterocycles. The fourth-order valence-corrected chi connectivity index (χ4v) is 4.38. The van der Waals surface area contributed by atoms with Gasteiger partial charge < -0.3 is 5.32 Å². The summed E-state index contributed by atoms with van der Waals surface area (Å²) >= 11 is 12.4. The van der Waals surface area contributed by atoms with Crippen LogP contribution in [0.25, 0.3) is 0 Å². The predicted molar refractivity (Wildman–Crippen MR) is 135 cm³/mol. The van der Waals surface area contributed by atoms with Crippen molar-refractivity contribution < 1.29 is 18.0 Å². The van der Waals surface area contributed by atoms with Crippen LogP contribution in [0, 0.1) is 5.82 Å². The van der Waals surface area contributed by atoms with Crippen molar-refractivity contribution in [2.24, 2.45) is 0 Å². The lowest BCUT2D eigenvalue weighted by Gasteiger charge is -2.35. The van der Waals surface area contributed by atoms with E-state index >= 15 is 0 Å². The molecule has 3 nitrogen and oxygen atoms in total. The first-order valence-electron chi connectivity index (χ1n) is 11.0.